The molecule has 0 fully saturated rings. The first-order valence-electron chi connectivity index (χ1n) is 7.04. The molecule has 0 saturated carbocycles. The highest BCUT2D eigenvalue weighted by atomic mass is 15.2. The largest absolute Gasteiger partial charge is 0.383 e. The van der Waals surface area contributed by atoms with Gasteiger partial charge >= 0.3 is 0 Å². The van der Waals surface area contributed by atoms with Gasteiger partial charge in [-0.3, -0.25) is 4.68 Å². The number of hydrogen-bond donors (Lipinski definition) is 2. The summed E-state index contributed by atoms with van der Waals surface area (Å²) in [5.74, 6) is 0.491. The summed E-state index contributed by atoms with van der Waals surface area (Å²) in [6.07, 6.45) is 5.64. The van der Waals surface area contributed by atoms with Crippen LogP contribution in [0, 0.1) is 0 Å². The number of aromatic nitrogens is 4. The van der Waals surface area contributed by atoms with Crippen molar-refractivity contribution in [1.29, 1.82) is 0 Å². The Balaban J connectivity index is 1.85. The van der Waals surface area contributed by atoms with Crippen LogP contribution in [0.4, 0.5) is 5.82 Å². The molecule has 4 rings (SSSR count). The van der Waals surface area contributed by atoms with Gasteiger partial charge in [-0.05, 0) is 41.3 Å². The van der Waals surface area contributed by atoms with Crippen molar-refractivity contribution in [1.82, 2.24) is 19.7 Å². The Morgan fingerprint density at radius 2 is 2.00 bits per heavy atom. The number of nitrogens with two attached hydrogens (primary N) is 1. The van der Waals surface area contributed by atoms with Crippen LogP contribution < -0.4 is 5.73 Å². The highest BCUT2D eigenvalue weighted by molar-refractivity contribution is 5.86. The van der Waals surface area contributed by atoms with Crippen LogP contribution in [0.15, 0.2) is 55.0 Å². The summed E-state index contributed by atoms with van der Waals surface area (Å²) in [6, 6.07) is 12.3. The van der Waals surface area contributed by atoms with Crippen LogP contribution in [-0.4, -0.2) is 19.7 Å². The number of hydrogen-bond acceptors (Lipinski definition) is 3. The number of nitrogens with one attached hydrogen (secondary N) is 1. The Kier molecular flexibility index (Phi) is 2.72. The number of nitrogens with zero attached hydrogens (tertiary/aromatic N) is 3. The second-order valence-corrected chi connectivity index (χ2v) is 5.31. The lowest BCUT2D eigenvalue weighted by Crippen LogP contribution is -1.96. The van der Waals surface area contributed by atoms with Crippen molar-refractivity contribution >= 4 is 16.7 Å². The van der Waals surface area contributed by atoms with Crippen LogP contribution in [0.2, 0.25) is 0 Å². The summed E-state index contributed by atoms with van der Waals surface area (Å²) < 4.78 is 1.76. The van der Waals surface area contributed by atoms with E-state index >= 15 is 0 Å². The topological polar surface area (TPSA) is 72.5 Å². The van der Waals surface area contributed by atoms with Gasteiger partial charge in [-0.1, -0.05) is 6.07 Å². The zero-order chi connectivity index (χ0) is 15.1. The quantitative estimate of drug-likeness (QED) is 0.595. The van der Waals surface area contributed by atoms with Gasteiger partial charge in [0, 0.05) is 42.3 Å². The van der Waals surface area contributed by atoms with E-state index in [1.54, 1.807) is 10.9 Å². The van der Waals surface area contributed by atoms with Crippen molar-refractivity contribution in [3.05, 3.63) is 55.0 Å². The first-order valence-corrected chi connectivity index (χ1v) is 7.04. The van der Waals surface area contributed by atoms with Crippen LogP contribution >= 0.6 is 0 Å². The van der Waals surface area contributed by atoms with E-state index < -0.39 is 0 Å². The van der Waals surface area contributed by atoms with Gasteiger partial charge < -0.3 is 10.7 Å². The van der Waals surface area contributed by atoms with Crippen molar-refractivity contribution < 1.29 is 0 Å². The molecule has 0 amide bonds. The highest BCUT2D eigenvalue weighted by Crippen LogP contribution is 2.29. The summed E-state index contributed by atoms with van der Waals surface area (Å²) in [6.45, 7) is 0. The predicted molar refractivity (Wildman–Crippen MR) is 88.1 cm³/mol. The highest BCUT2D eigenvalue weighted by Gasteiger charge is 2.10. The Morgan fingerprint density at radius 3 is 2.82 bits per heavy atom. The molecule has 0 aliphatic heterocycles. The minimum absolute atomic E-state index is 0.491. The second-order valence-electron chi connectivity index (χ2n) is 5.31. The van der Waals surface area contributed by atoms with Crippen molar-refractivity contribution in [2.24, 2.45) is 7.05 Å². The smallest absolute Gasteiger partial charge is 0.132 e. The molecule has 4 aromatic rings. The molecule has 5 nitrogen and oxygen atoms in total. The lowest BCUT2D eigenvalue weighted by atomic mass is 10.0. The van der Waals surface area contributed by atoms with E-state index in [0.29, 0.717) is 5.82 Å². The average Bonchev–Trinajstić information content (AvgIpc) is 3.15. The normalized spacial score (nSPS) is 11.1. The van der Waals surface area contributed by atoms with Crippen LogP contribution in [0.1, 0.15) is 0 Å². The molecule has 3 N–H and O–H groups in total. The Hall–Kier alpha value is -3.08. The number of nitrogen functional groups attached to an aromatic ring is 1. The van der Waals surface area contributed by atoms with Gasteiger partial charge in [0.1, 0.15) is 5.82 Å². The number of benzene rings is 1. The summed E-state index contributed by atoms with van der Waals surface area (Å²) in [5, 5.41) is 5.58. The van der Waals surface area contributed by atoms with Gasteiger partial charge in [-0.25, -0.2) is 4.98 Å². The maximum atomic E-state index is 6.02. The van der Waals surface area contributed by atoms with E-state index in [1.807, 2.05) is 31.6 Å². The standard InChI is InChI=1S/C17H15N5/c1-22-7-5-16(21-22)14-9-13(10-20-17(14)18)11-2-3-15-12(8-11)4-6-19-15/h2-10,19H,1H3,(H2,18,20). The van der Waals surface area contributed by atoms with Crippen LogP contribution in [0.25, 0.3) is 33.3 Å². The van der Waals surface area contributed by atoms with Gasteiger partial charge in [0.2, 0.25) is 0 Å². The minimum atomic E-state index is 0.491. The summed E-state index contributed by atoms with van der Waals surface area (Å²) >= 11 is 0. The van der Waals surface area contributed by atoms with Gasteiger partial charge in [-0.2, -0.15) is 5.10 Å². The number of rotatable bonds is 2. The number of aromatic amines is 1. The van der Waals surface area contributed by atoms with E-state index in [0.717, 1.165) is 27.9 Å². The molecule has 5 heteroatoms. The third kappa shape index (κ3) is 2.03. The molecular formula is C17H15N5. The monoisotopic (exact) mass is 289 g/mol. The van der Waals surface area contributed by atoms with Gasteiger partial charge in [-0.15, -0.1) is 0 Å². The Morgan fingerprint density at radius 1 is 1.09 bits per heavy atom. The zero-order valence-corrected chi connectivity index (χ0v) is 12.1. The SMILES string of the molecule is Cn1ccc(-c2cc(-c3ccc4[nH]ccc4c3)cnc2N)n1. The molecule has 3 aromatic heterocycles. The lowest BCUT2D eigenvalue weighted by molar-refractivity contribution is 0.771. The molecule has 3 heterocycles. The minimum Gasteiger partial charge on any atom is -0.383 e. The third-order valence-electron chi connectivity index (χ3n) is 3.79. The van der Waals surface area contributed by atoms with E-state index in [9.17, 15) is 0 Å². The van der Waals surface area contributed by atoms with Crippen LogP contribution in [0.5, 0.6) is 0 Å². The summed E-state index contributed by atoms with van der Waals surface area (Å²) in [7, 11) is 1.89. The summed E-state index contributed by atoms with van der Waals surface area (Å²) in [5.41, 5.74) is 11.0. The van der Waals surface area contributed by atoms with E-state index in [4.69, 9.17) is 5.73 Å². The molecule has 108 valence electrons. The third-order valence-corrected chi connectivity index (χ3v) is 3.79. The van der Waals surface area contributed by atoms with Gasteiger partial charge in [0.15, 0.2) is 0 Å². The Bertz CT molecular complexity index is 964. The number of anilines is 1. The van der Waals surface area contributed by atoms with Crippen molar-refractivity contribution in [2.45, 2.75) is 0 Å². The van der Waals surface area contributed by atoms with E-state index in [1.165, 1.54) is 5.39 Å². The molecule has 0 bridgehead atoms. The Labute approximate surface area is 127 Å². The number of fused-ring (bicyclic) bond motifs is 1. The van der Waals surface area contributed by atoms with Gasteiger partial charge in [0.25, 0.3) is 0 Å². The lowest BCUT2D eigenvalue weighted by Gasteiger charge is -2.07. The molecule has 0 aliphatic carbocycles. The predicted octanol–water partition coefficient (Wildman–Crippen LogP) is 3.21. The summed E-state index contributed by atoms with van der Waals surface area (Å²) in [4.78, 5) is 7.53. The molecule has 0 spiro atoms. The van der Waals surface area contributed by atoms with Crippen LogP contribution in [-0.2, 0) is 7.05 Å². The molecule has 0 aliphatic rings. The maximum Gasteiger partial charge on any atom is 0.132 e. The molecule has 0 unspecified atom stereocenters. The number of aryl methyl sites for hydroxylation is 1. The van der Waals surface area contributed by atoms with Gasteiger partial charge in [0.05, 0.1) is 5.69 Å². The van der Waals surface area contributed by atoms with Crippen molar-refractivity contribution in [3.63, 3.8) is 0 Å². The molecule has 1 aromatic carbocycles. The fourth-order valence-corrected chi connectivity index (χ4v) is 2.63. The molecule has 0 radical (unpaired) electrons. The molecule has 0 saturated heterocycles. The molecule has 22 heavy (non-hydrogen) atoms. The molecular weight excluding hydrogens is 274 g/mol. The van der Waals surface area contributed by atoms with Crippen molar-refractivity contribution in [2.75, 3.05) is 5.73 Å². The second kappa shape index (κ2) is 4.73. The fraction of sp³-hybridized carbons (Fsp3) is 0.0588. The van der Waals surface area contributed by atoms with Crippen molar-refractivity contribution in [3.8, 4) is 22.4 Å². The first-order chi connectivity index (χ1) is 10.7. The number of H-pyrrole nitrogens is 1. The fourth-order valence-electron chi connectivity index (χ4n) is 2.63. The molecule has 0 atom stereocenters. The number of pyridine rings is 1. The zero-order valence-electron chi connectivity index (χ0n) is 12.1. The van der Waals surface area contributed by atoms with E-state index in [2.05, 4.69) is 39.3 Å². The van der Waals surface area contributed by atoms with Crippen LogP contribution in [0.3, 0.4) is 0 Å². The maximum absolute atomic E-state index is 6.02. The first kappa shape index (κ1) is 12.6. The van der Waals surface area contributed by atoms with E-state index in [-0.39, 0.29) is 0 Å². The average molecular weight is 289 g/mol.